The largest absolute Gasteiger partial charge is 0.378 e. The molecule has 1 aliphatic carbocycles. The average molecular weight is 456 g/mol. The first kappa shape index (κ1) is 20.5. The van der Waals surface area contributed by atoms with Crippen LogP contribution in [0.5, 0.6) is 0 Å². The zero-order valence-corrected chi connectivity index (χ0v) is 19.0. The van der Waals surface area contributed by atoms with Gasteiger partial charge in [0.05, 0.1) is 23.3 Å². The van der Waals surface area contributed by atoms with Crippen LogP contribution in [0.15, 0.2) is 46.9 Å². The molecule has 2 fully saturated rings. The van der Waals surface area contributed by atoms with Crippen molar-refractivity contribution in [1.82, 2.24) is 14.8 Å². The van der Waals surface area contributed by atoms with Gasteiger partial charge in [-0.3, -0.25) is 9.36 Å². The zero-order valence-electron chi connectivity index (χ0n) is 17.4. The van der Waals surface area contributed by atoms with Crippen molar-refractivity contribution < 1.29 is 9.53 Å². The Bertz CT molecular complexity index is 1020. The van der Waals surface area contributed by atoms with Crippen LogP contribution < -0.4 is 10.2 Å². The number of benzene rings is 1. The molecule has 1 saturated heterocycles. The van der Waals surface area contributed by atoms with E-state index in [1.165, 1.54) is 11.8 Å². The number of rotatable bonds is 7. The summed E-state index contributed by atoms with van der Waals surface area (Å²) in [5, 5.41) is 14.5. The number of ether oxygens (including phenoxy) is 1. The number of aromatic nitrogens is 3. The van der Waals surface area contributed by atoms with Crippen LogP contribution in [0, 0.1) is 0 Å². The minimum Gasteiger partial charge on any atom is -0.378 e. The minimum atomic E-state index is -0.281. The lowest BCUT2D eigenvalue weighted by Crippen LogP contribution is -2.36. The highest BCUT2D eigenvalue weighted by molar-refractivity contribution is 8.00. The highest BCUT2D eigenvalue weighted by atomic mass is 32.2. The molecule has 1 aliphatic heterocycles. The standard InChI is InChI=1S/C22H25N5O2S2/c1-15(21(28)23-16-4-6-17(7-5-16)26-10-12-29-13-11-26)31-22-25-24-20(19-3-2-14-30-19)27(22)18-8-9-18/h2-7,14-15,18H,8-13H2,1H3,(H,23,28). The Balaban J connectivity index is 1.24. The van der Waals surface area contributed by atoms with Crippen molar-refractivity contribution in [1.29, 1.82) is 0 Å². The number of hydrogen-bond acceptors (Lipinski definition) is 7. The van der Waals surface area contributed by atoms with E-state index in [0.29, 0.717) is 6.04 Å². The second-order valence-electron chi connectivity index (χ2n) is 7.78. The number of nitrogens with zero attached hydrogens (tertiary/aromatic N) is 4. The molecule has 1 aromatic carbocycles. The van der Waals surface area contributed by atoms with E-state index >= 15 is 0 Å². The molecule has 9 heteroatoms. The van der Waals surface area contributed by atoms with Crippen LogP contribution in [0.2, 0.25) is 0 Å². The maximum atomic E-state index is 12.8. The van der Waals surface area contributed by atoms with E-state index in [1.807, 2.05) is 25.1 Å². The highest BCUT2D eigenvalue weighted by Gasteiger charge is 2.31. The van der Waals surface area contributed by atoms with Crippen molar-refractivity contribution in [2.75, 3.05) is 36.5 Å². The first-order valence-electron chi connectivity index (χ1n) is 10.6. The van der Waals surface area contributed by atoms with Crippen LogP contribution in [-0.4, -0.2) is 52.2 Å². The molecule has 5 rings (SSSR count). The monoisotopic (exact) mass is 455 g/mol. The molecule has 3 heterocycles. The van der Waals surface area contributed by atoms with E-state index in [1.54, 1.807) is 11.3 Å². The highest BCUT2D eigenvalue weighted by Crippen LogP contribution is 2.42. The van der Waals surface area contributed by atoms with Gasteiger partial charge in [-0.2, -0.15) is 0 Å². The molecule has 2 aromatic heterocycles. The lowest BCUT2D eigenvalue weighted by molar-refractivity contribution is -0.115. The van der Waals surface area contributed by atoms with Gasteiger partial charge in [-0.15, -0.1) is 21.5 Å². The number of amides is 1. The average Bonchev–Trinajstić information content (AvgIpc) is 3.32. The Labute approximate surface area is 189 Å². The van der Waals surface area contributed by atoms with Gasteiger partial charge >= 0.3 is 0 Å². The molecule has 1 atom stereocenters. The van der Waals surface area contributed by atoms with E-state index < -0.39 is 0 Å². The van der Waals surface area contributed by atoms with E-state index in [2.05, 4.69) is 48.6 Å². The molecule has 2 aliphatic rings. The van der Waals surface area contributed by atoms with Crippen molar-refractivity contribution in [3.8, 4) is 10.7 Å². The summed E-state index contributed by atoms with van der Waals surface area (Å²) in [5.74, 6) is 0.874. The molecule has 0 spiro atoms. The number of carbonyl (C=O) groups is 1. The normalized spacial score (nSPS) is 17.5. The second kappa shape index (κ2) is 9.02. The Kier molecular flexibility index (Phi) is 5.97. The predicted molar refractivity (Wildman–Crippen MR) is 125 cm³/mol. The molecular weight excluding hydrogens is 430 g/mol. The molecule has 0 bridgehead atoms. The van der Waals surface area contributed by atoms with Crippen LogP contribution in [0.1, 0.15) is 25.8 Å². The second-order valence-corrected chi connectivity index (χ2v) is 10.0. The Hall–Kier alpha value is -2.36. The molecule has 31 heavy (non-hydrogen) atoms. The van der Waals surface area contributed by atoms with Gasteiger partial charge in [0.15, 0.2) is 11.0 Å². The molecular formula is C22H25N5O2S2. The summed E-state index contributed by atoms with van der Waals surface area (Å²) in [5.41, 5.74) is 1.96. The van der Waals surface area contributed by atoms with Crippen LogP contribution in [0.4, 0.5) is 11.4 Å². The molecule has 1 unspecified atom stereocenters. The number of carbonyl (C=O) groups excluding carboxylic acids is 1. The van der Waals surface area contributed by atoms with Crippen molar-refractivity contribution >= 4 is 40.4 Å². The molecule has 1 saturated carbocycles. The van der Waals surface area contributed by atoms with Gasteiger partial charge < -0.3 is 15.0 Å². The van der Waals surface area contributed by atoms with Gasteiger partial charge in [0.25, 0.3) is 0 Å². The maximum Gasteiger partial charge on any atom is 0.237 e. The molecule has 3 aromatic rings. The van der Waals surface area contributed by atoms with Crippen LogP contribution in [-0.2, 0) is 9.53 Å². The van der Waals surface area contributed by atoms with Crippen LogP contribution >= 0.6 is 23.1 Å². The minimum absolute atomic E-state index is 0.0351. The Morgan fingerprint density at radius 3 is 2.65 bits per heavy atom. The number of thiophene rings is 1. The summed E-state index contributed by atoms with van der Waals surface area (Å²) in [6.07, 6.45) is 2.28. The van der Waals surface area contributed by atoms with E-state index in [4.69, 9.17) is 4.74 Å². The third-order valence-corrected chi connectivity index (χ3v) is 7.40. The molecule has 0 radical (unpaired) electrons. The topological polar surface area (TPSA) is 72.3 Å². The summed E-state index contributed by atoms with van der Waals surface area (Å²) >= 11 is 3.13. The van der Waals surface area contributed by atoms with Crippen molar-refractivity contribution in [2.24, 2.45) is 0 Å². The number of nitrogens with one attached hydrogen (secondary N) is 1. The predicted octanol–water partition coefficient (Wildman–Crippen LogP) is 4.30. The molecule has 162 valence electrons. The number of anilines is 2. The molecule has 1 N–H and O–H groups in total. The van der Waals surface area contributed by atoms with Crippen molar-refractivity contribution in [2.45, 2.75) is 36.2 Å². The number of morpholine rings is 1. The third kappa shape index (κ3) is 4.63. The Morgan fingerprint density at radius 2 is 1.97 bits per heavy atom. The molecule has 1 amide bonds. The summed E-state index contributed by atoms with van der Waals surface area (Å²) in [7, 11) is 0. The quantitative estimate of drug-likeness (QED) is 0.536. The van der Waals surface area contributed by atoms with E-state index in [9.17, 15) is 4.79 Å². The fraction of sp³-hybridized carbons (Fsp3) is 0.409. The summed E-state index contributed by atoms with van der Waals surface area (Å²) in [6.45, 7) is 5.22. The smallest absolute Gasteiger partial charge is 0.237 e. The fourth-order valence-corrected chi connectivity index (χ4v) is 5.25. The van der Waals surface area contributed by atoms with E-state index in [-0.39, 0.29) is 11.2 Å². The fourth-order valence-electron chi connectivity index (χ4n) is 3.63. The van der Waals surface area contributed by atoms with Gasteiger partial charge in [-0.05, 0) is 55.5 Å². The van der Waals surface area contributed by atoms with Crippen molar-refractivity contribution in [3.63, 3.8) is 0 Å². The number of hydrogen-bond donors (Lipinski definition) is 1. The zero-order chi connectivity index (χ0) is 21.2. The van der Waals surface area contributed by atoms with Gasteiger partial charge in [-0.1, -0.05) is 17.8 Å². The van der Waals surface area contributed by atoms with Crippen molar-refractivity contribution in [3.05, 3.63) is 41.8 Å². The first-order chi connectivity index (χ1) is 15.2. The lowest BCUT2D eigenvalue weighted by Gasteiger charge is -2.28. The summed E-state index contributed by atoms with van der Waals surface area (Å²) in [4.78, 5) is 16.2. The van der Waals surface area contributed by atoms with Gasteiger partial charge in [0.1, 0.15) is 0 Å². The molecule has 7 nitrogen and oxygen atoms in total. The Morgan fingerprint density at radius 1 is 1.19 bits per heavy atom. The van der Waals surface area contributed by atoms with Gasteiger partial charge in [0, 0.05) is 30.5 Å². The summed E-state index contributed by atoms with van der Waals surface area (Å²) in [6, 6.07) is 12.6. The maximum absolute atomic E-state index is 12.8. The lowest BCUT2D eigenvalue weighted by atomic mass is 10.2. The summed E-state index contributed by atoms with van der Waals surface area (Å²) < 4.78 is 7.62. The third-order valence-electron chi connectivity index (χ3n) is 5.48. The van der Waals surface area contributed by atoms with Gasteiger partial charge in [-0.25, -0.2) is 0 Å². The SMILES string of the molecule is CC(Sc1nnc(-c2cccs2)n1C1CC1)C(=O)Nc1ccc(N2CCOCC2)cc1. The van der Waals surface area contributed by atoms with Gasteiger partial charge in [0.2, 0.25) is 5.91 Å². The van der Waals surface area contributed by atoms with E-state index in [0.717, 1.165) is 66.4 Å². The van der Waals surface area contributed by atoms with Crippen LogP contribution in [0.3, 0.4) is 0 Å². The van der Waals surface area contributed by atoms with Crippen LogP contribution in [0.25, 0.3) is 10.7 Å². The number of thioether (sulfide) groups is 1. The first-order valence-corrected chi connectivity index (χ1v) is 12.3.